The number of hydrogen-bond acceptors (Lipinski definition) is 5. The molecule has 0 radical (unpaired) electrons. The second-order valence-electron chi connectivity index (χ2n) is 3.39. The van der Waals surface area contributed by atoms with Gasteiger partial charge in [0.25, 0.3) is 0 Å². The Bertz CT molecular complexity index is 633. The molecule has 0 fully saturated rings. The molecule has 0 aliphatic carbocycles. The lowest BCUT2D eigenvalue weighted by atomic mass is 10.2. The monoisotopic (exact) mass is 267 g/mol. The van der Waals surface area contributed by atoms with Gasteiger partial charge in [0.2, 0.25) is 0 Å². The van der Waals surface area contributed by atoms with Crippen molar-refractivity contribution in [1.82, 2.24) is 14.8 Å². The topological polar surface area (TPSA) is 110 Å². The summed E-state index contributed by atoms with van der Waals surface area (Å²) in [6.07, 6.45) is 3.03. The molecular weight excluding hydrogens is 258 g/mol. The van der Waals surface area contributed by atoms with Crippen LogP contribution in [0.2, 0.25) is 0 Å². The van der Waals surface area contributed by atoms with E-state index in [1.165, 1.54) is 6.33 Å². The third kappa shape index (κ3) is 3.71. The fraction of sp³-hybridized carbons (Fsp3) is 0.111. The third-order valence-corrected chi connectivity index (χ3v) is 2.29. The van der Waals surface area contributed by atoms with Crippen molar-refractivity contribution in [3.63, 3.8) is 0 Å². The lowest BCUT2D eigenvalue weighted by molar-refractivity contribution is 0.482. The molecule has 2 rings (SSSR count). The summed E-state index contributed by atoms with van der Waals surface area (Å²) in [4.78, 5) is 3.82. The maximum Gasteiger partial charge on any atom is 0.396 e. The van der Waals surface area contributed by atoms with Crippen molar-refractivity contribution < 1.29 is 13.0 Å². The summed E-state index contributed by atoms with van der Waals surface area (Å²) in [5, 5.41) is 7.32. The number of aromatic nitrogens is 3. The smallest absolute Gasteiger partial charge is 0.267 e. The first kappa shape index (κ1) is 12.3. The highest BCUT2D eigenvalue weighted by Gasteiger charge is 1.99. The van der Waals surface area contributed by atoms with Gasteiger partial charge in [-0.2, -0.15) is 13.5 Å². The van der Waals surface area contributed by atoms with E-state index in [0.717, 1.165) is 5.56 Å². The molecule has 0 aliphatic heterocycles. The van der Waals surface area contributed by atoms with Gasteiger partial charge in [-0.1, -0.05) is 12.1 Å². The van der Waals surface area contributed by atoms with Gasteiger partial charge >= 0.3 is 10.3 Å². The van der Waals surface area contributed by atoms with Crippen molar-refractivity contribution in [2.24, 2.45) is 9.63 Å². The van der Waals surface area contributed by atoms with Crippen LogP contribution >= 0.6 is 0 Å². The molecule has 0 unspecified atom stereocenters. The van der Waals surface area contributed by atoms with Crippen LogP contribution in [-0.4, -0.2) is 27.7 Å². The lowest BCUT2D eigenvalue weighted by Crippen LogP contribution is -1.99. The summed E-state index contributed by atoms with van der Waals surface area (Å²) in [5.74, 6) is 0. The third-order valence-electron chi connectivity index (χ3n) is 2.01. The van der Waals surface area contributed by atoms with Crippen LogP contribution in [0, 0.1) is 0 Å². The molecule has 0 aliphatic rings. The first-order valence-corrected chi connectivity index (χ1v) is 6.24. The van der Waals surface area contributed by atoms with Crippen LogP contribution in [0.1, 0.15) is 5.56 Å². The predicted octanol–water partition coefficient (Wildman–Crippen LogP) is 1.21. The second kappa shape index (κ2) is 5.02. The Morgan fingerprint density at radius 1 is 1.28 bits per heavy atom. The van der Waals surface area contributed by atoms with Crippen molar-refractivity contribution in [3.8, 4) is 0 Å². The normalized spacial score (nSPS) is 12.1. The molecule has 1 heterocycles. The molecule has 0 bridgehead atoms. The minimum atomic E-state index is -4.44. The van der Waals surface area contributed by atoms with Gasteiger partial charge in [-0.25, -0.2) is 9.67 Å². The van der Waals surface area contributed by atoms with E-state index in [0.29, 0.717) is 12.2 Å². The minimum absolute atomic E-state index is 0.329. The average molecular weight is 267 g/mol. The van der Waals surface area contributed by atoms with Crippen LogP contribution in [-0.2, 0) is 16.8 Å². The van der Waals surface area contributed by atoms with Crippen LogP contribution in [0.4, 0.5) is 5.69 Å². The average Bonchev–Trinajstić information content (AvgIpc) is 2.80. The van der Waals surface area contributed by atoms with Crippen molar-refractivity contribution >= 4 is 16.0 Å². The van der Waals surface area contributed by atoms with Gasteiger partial charge in [-0.15, -0.1) is 5.11 Å². The SMILES string of the molecule is O=S(=O)(O)N=Nc1ccc(Cn2cncn2)cc1. The van der Waals surface area contributed by atoms with E-state index in [4.69, 9.17) is 4.55 Å². The Morgan fingerprint density at radius 2 is 2.00 bits per heavy atom. The molecule has 8 nitrogen and oxygen atoms in total. The van der Waals surface area contributed by atoms with Gasteiger partial charge in [0, 0.05) is 0 Å². The van der Waals surface area contributed by atoms with Gasteiger partial charge in [0.1, 0.15) is 12.7 Å². The Balaban J connectivity index is 2.08. The maximum atomic E-state index is 10.4. The lowest BCUT2D eigenvalue weighted by Gasteiger charge is -2.00. The zero-order valence-electron chi connectivity index (χ0n) is 9.08. The molecule has 2 aromatic rings. The van der Waals surface area contributed by atoms with E-state index in [1.807, 2.05) is 0 Å². The summed E-state index contributed by atoms with van der Waals surface area (Å²) in [6.45, 7) is 0.551. The van der Waals surface area contributed by atoms with E-state index in [2.05, 4.69) is 19.7 Å². The molecule has 0 atom stereocenters. The van der Waals surface area contributed by atoms with Crippen molar-refractivity contribution in [1.29, 1.82) is 0 Å². The number of rotatable bonds is 4. The molecule has 94 valence electrons. The fourth-order valence-corrected chi connectivity index (χ4v) is 1.47. The summed E-state index contributed by atoms with van der Waals surface area (Å²) in [6, 6.07) is 6.67. The van der Waals surface area contributed by atoms with Crippen molar-refractivity contribution in [2.45, 2.75) is 6.54 Å². The number of nitrogens with zero attached hydrogens (tertiary/aromatic N) is 5. The summed E-state index contributed by atoms with van der Waals surface area (Å²) in [7, 11) is -4.44. The highest BCUT2D eigenvalue weighted by atomic mass is 32.2. The summed E-state index contributed by atoms with van der Waals surface area (Å²) in [5.41, 5.74) is 1.28. The van der Waals surface area contributed by atoms with E-state index in [1.54, 1.807) is 35.3 Å². The largest absolute Gasteiger partial charge is 0.396 e. The number of benzene rings is 1. The zero-order chi connectivity index (χ0) is 13.0. The fourth-order valence-electron chi connectivity index (χ4n) is 1.27. The highest BCUT2D eigenvalue weighted by Crippen LogP contribution is 2.14. The molecule has 9 heteroatoms. The van der Waals surface area contributed by atoms with E-state index < -0.39 is 10.3 Å². The molecule has 0 spiro atoms. The van der Waals surface area contributed by atoms with Gasteiger partial charge in [-0.3, -0.25) is 4.55 Å². The summed E-state index contributed by atoms with van der Waals surface area (Å²) < 4.78 is 33.5. The Kier molecular flexibility index (Phi) is 3.44. The molecule has 0 saturated carbocycles. The van der Waals surface area contributed by atoms with Crippen LogP contribution in [0.5, 0.6) is 0 Å². The van der Waals surface area contributed by atoms with Crippen molar-refractivity contribution in [2.75, 3.05) is 0 Å². The number of hydrogen-bond donors (Lipinski definition) is 1. The second-order valence-corrected chi connectivity index (χ2v) is 4.45. The van der Waals surface area contributed by atoms with Gasteiger partial charge in [0.05, 0.1) is 12.2 Å². The molecule has 18 heavy (non-hydrogen) atoms. The molecule has 0 amide bonds. The first-order valence-electron chi connectivity index (χ1n) is 4.85. The van der Waals surface area contributed by atoms with E-state index in [9.17, 15) is 8.42 Å². The zero-order valence-corrected chi connectivity index (χ0v) is 9.90. The molecular formula is C9H9N5O3S. The van der Waals surface area contributed by atoms with E-state index >= 15 is 0 Å². The molecule has 1 aromatic heterocycles. The van der Waals surface area contributed by atoms with Gasteiger partial charge < -0.3 is 0 Å². The quantitative estimate of drug-likeness (QED) is 0.661. The first-order chi connectivity index (χ1) is 8.53. The van der Waals surface area contributed by atoms with Gasteiger partial charge in [0.15, 0.2) is 0 Å². The van der Waals surface area contributed by atoms with Crippen LogP contribution in [0.3, 0.4) is 0 Å². The Hall–Kier alpha value is -2.13. The van der Waals surface area contributed by atoms with Crippen molar-refractivity contribution in [3.05, 3.63) is 42.5 Å². The molecule has 0 saturated heterocycles. The summed E-state index contributed by atoms with van der Waals surface area (Å²) >= 11 is 0. The maximum absolute atomic E-state index is 10.4. The van der Waals surface area contributed by atoms with Crippen LogP contribution in [0.25, 0.3) is 0 Å². The Labute approximate surface area is 103 Å². The minimum Gasteiger partial charge on any atom is -0.267 e. The molecule has 1 N–H and O–H groups in total. The van der Waals surface area contributed by atoms with E-state index in [-0.39, 0.29) is 0 Å². The van der Waals surface area contributed by atoms with Gasteiger partial charge in [-0.05, 0) is 22.2 Å². The van der Waals surface area contributed by atoms with Crippen LogP contribution < -0.4 is 0 Å². The Morgan fingerprint density at radius 3 is 2.56 bits per heavy atom. The predicted molar refractivity (Wildman–Crippen MR) is 61.6 cm³/mol. The molecule has 1 aromatic carbocycles. The van der Waals surface area contributed by atoms with Crippen LogP contribution in [0.15, 0.2) is 46.6 Å². The standard InChI is InChI=1S/C9H9N5O3S/c15-18(16,17)13-12-9-3-1-8(2-4-9)5-14-7-10-6-11-14/h1-4,6-7H,5H2,(H,15,16,17). The highest BCUT2D eigenvalue weighted by molar-refractivity contribution is 7.84.